The van der Waals surface area contributed by atoms with Gasteiger partial charge in [0.15, 0.2) is 0 Å². The van der Waals surface area contributed by atoms with Crippen molar-refractivity contribution in [1.29, 1.82) is 0 Å². The van der Waals surface area contributed by atoms with Crippen LogP contribution in [-0.4, -0.2) is 4.98 Å². The molecule has 246 valence electrons. The van der Waals surface area contributed by atoms with Crippen molar-refractivity contribution in [2.24, 2.45) is 0 Å². The molecule has 4 aromatic carbocycles. The van der Waals surface area contributed by atoms with E-state index < -0.39 is 0 Å². The van der Waals surface area contributed by atoms with Gasteiger partial charge < -0.3 is 14.7 Å². The van der Waals surface area contributed by atoms with Crippen molar-refractivity contribution in [2.45, 2.75) is 78.6 Å². The van der Waals surface area contributed by atoms with Crippen molar-refractivity contribution in [2.75, 3.05) is 0 Å². The molecular weight excluding hydrogens is 790 g/mol. The van der Waals surface area contributed by atoms with E-state index in [1.165, 1.54) is 27.3 Å². The molecule has 5 heteroatoms. The zero-order chi connectivity index (χ0) is 33.3. The number of benzene rings is 4. The fraction of sp³-hybridized carbons (Fsp3) is 0.279. The molecule has 0 aliphatic carbocycles. The quantitative estimate of drug-likeness (QED) is 0.131. The van der Waals surface area contributed by atoms with Crippen LogP contribution < -0.4 is 9.72 Å². The molecule has 0 bridgehead atoms. The van der Waals surface area contributed by atoms with E-state index in [-0.39, 0.29) is 38.6 Å². The minimum atomic E-state index is -0.0891. The second kappa shape index (κ2) is 12.3. The van der Waals surface area contributed by atoms with Crippen LogP contribution in [0.15, 0.2) is 84.4 Å². The number of pyridine rings is 1. The van der Waals surface area contributed by atoms with Crippen LogP contribution in [0.5, 0.6) is 11.5 Å². The maximum atomic E-state index is 6.60. The number of thiophene rings is 1. The molecule has 0 saturated heterocycles. The summed E-state index contributed by atoms with van der Waals surface area (Å²) in [5.41, 5.74) is 9.54. The zero-order valence-electron chi connectivity index (χ0n) is 29.1. The molecule has 0 fully saturated rings. The predicted molar refractivity (Wildman–Crippen MR) is 199 cm³/mol. The van der Waals surface area contributed by atoms with Gasteiger partial charge in [-0.25, -0.2) is 0 Å². The Labute approximate surface area is 304 Å². The Morgan fingerprint density at radius 1 is 0.667 bits per heavy atom. The van der Waals surface area contributed by atoms with E-state index in [1.54, 1.807) is 11.3 Å². The van der Waals surface area contributed by atoms with Crippen molar-refractivity contribution >= 4 is 43.2 Å². The monoisotopic (exact) mass is 830 g/mol. The Morgan fingerprint density at radius 2 is 1.35 bits per heavy atom. The topological polar surface area (TPSA) is 36.2 Å². The van der Waals surface area contributed by atoms with E-state index in [1.807, 2.05) is 18.3 Å². The fourth-order valence-corrected chi connectivity index (χ4v) is 6.96. The third-order valence-corrected chi connectivity index (χ3v) is 9.91. The fourth-order valence-electron chi connectivity index (χ4n) is 6.06. The van der Waals surface area contributed by atoms with Crippen LogP contribution in [0.4, 0.5) is 0 Å². The molecule has 0 N–H and O–H groups in total. The first-order valence-electron chi connectivity index (χ1n) is 16.3. The van der Waals surface area contributed by atoms with Crippen LogP contribution in [0, 0.1) is 12.1 Å². The molecule has 7 rings (SSSR count). The molecule has 0 aliphatic rings. The van der Waals surface area contributed by atoms with Gasteiger partial charge in [0.1, 0.15) is 0 Å². The van der Waals surface area contributed by atoms with Crippen molar-refractivity contribution in [3.8, 4) is 33.9 Å². The average Bonchev–Trinajstić information content (AvgIpc) is 3.64. The van der Waals surface area contributed by atoms with E-state index in [0.29, 0.717) is 11.5 Å². The molecule has 0 radical (unpaired) electrons. The molecule has 7 aromatic rings. The normalized spacial score (nSPS) is 12.5. The summed E-state index contributed by atoms with van der Waals surface area (Å²) in [4.78, 5) is 9.96. The standard InChI is InChI=1S/C43H41N2OS.Au/c1-41(2,3)29-13-14-37-35(23-29)36-25-31(43(7,8)9)24-34(39(36)45-37)27-11-10-12-32(20-27)46-33-21-28(19-30(22-33)42(4,5)6)38-40-26(15-17-44-38)16-18-47-40;/h10-19,22-25H,1-9H3;/q-3;+3. The van der Waals surface area contributed by atoms with Gasteiger partial charge in [0.2, 0.25) is 0 Å². The molecule has 0 amide bonds. The number of hydrogen-bond acceptors (Lipinski definition) is 3. The maximum Gasteiger partial charge on any atom is 3.00 e. The third kappa shape index (κ3) is 6.52. The molecular formula is C43H41AuN2OS. The summed E-state index contributed by atoms with van der Waals surface area (Å²) in [7, 11) is 0. The summed E-state index contributed by atoms with van der Waals surface area (Å²) in [5, 5.41) is 5.67. The smallest absolute Gasteiger partial charge is 0.664 e. The number of rotatable bonds is 4. The van der Waals surface area contributed by atoms with Crippen LogP contribution in [0.25, 0.3) is 54.3 Å². The first kappa shape index (κ1) is 34.2. The van der Waals surface area contributed by atoms with Gasteiger partial charge in [-0.3, -0.25) is 0 Å². The molecule has 3 aromatic heterocycles. The first-order valence-corrected chi connectivity index (χ1v) is 17.2. The van der Waals surface area contributed by atoms with Gasteiger partial charge >= 0.3 is 22.4 Å². The van der Waals surface area contributed by atoms with E-state index in [9.17, 15) is 0 Å². The van der Waals surface area contributed by atoms with Gasteiger partial charge in [0.05, 0.1) is 0 Å². The van der Waals surface area contributed by atoms with Gasteiger partial charge in [-0.05, 0) is 55.5 Å². The summed E-state index contributed by atoms with van der Waals surface area (Å²) >= 11 is 1.70. The van der Waals surface area contributed by atoms with Crippen LogP contribution in [0.1, 0.15) is 79.0 Å². The Hall–Kier alpha value is -3.67. The second-order valence-electron chi connectivity index (χ2n) is 15.7. The summed E-state index contributed by atoms with van der Waals surface area (Å²) in [6.07, 6.45) is 1.87. The van der Waals surface area contributed by atoms with Crippen molar-refractivity contribution < 1.29 is 27.1 Å². The SMILES string of the molecule is CC(C)(C)c1cc(Oc2[c-]c(-c3cc(C(C)(C)C)cc4c3[n-]c3ccc(C(C)(C)C)cc34)ccc2)[c-]c(-c2nccc3ccsc23)c1.[Au+3]. The summed E-state index contributed by atoms with van der Waals surface area (Å²) in [6.45, 7) is 20.2. The third-order valence-electron chi connectivity index (χ3n) is 8.97. The van der Waals surface area contributed by atoms with Crippen LogP contribution in [0.2, 0.25) is 0 Å². The molecule has 0 unspecified atom stereocenters. The number of aromatic nitrogens is 2. The molecule has 0 spiro atoms. The Bertz CT molecular complexity index is 2290. The summed E-state index contributed by atoms with van der Waals surface area (Å²) in [5.74, 6) is 1.29. The molecule has 0 saturated carbocycles. The molecule has 3 nitrogen and oxygen atoms in total. The summed E-state index contributed by atoms with van der Waals surface area (Å²) in [6, 6.07) is 33.1. The zero-order valence-corrected chi connectivity index (χ0v) is 32.1. The molecule has 0 aliphatic heterocycles. The van der Waals surface area contributed by atoms with Crippen LogP contribution in [-0.2, 0) is 38.6 Å². The number of nitrogens with zero attached hydrogens (tertiary/aromatic N) is 2. The van der Waals surface area contributed by atoms with E-state index in [2.05, 4.69) is 140 Å². The van der Waals surface area contributed by atoms with E-state index >= 15 is 0 Å². The Kier molecular flexibility index (Phi) is 8.79. The van der Waals surface area contributed by atoms with E-state index in [0.717, 1.165) is 43.7 Å². The second-order valence-corrected chi connectivity index (χ2v) is 16.6. The Morgan fingerprint density at radius 3 is 2.08 bits per heavy atom. The molecule has 48 heavy (non-hydrogen) atoms. The van der Waals surface area contributed by atoms with Gasteiger partial charge in [0.25, 0.3) is 0 Å². The first-order chi connectivity index (χ1) is 22.1. The van der Waals surface area contributed by atoms with Gasteiger partial charge in [-0.1, -0.05) is 116 Å². The van der Waals surface area contributed by atoms with Gasteiger partial charge in [0, 0.05) is 28.1 Å². The molecule has 0 atom stereocenters. The summed E-state index contributed by atoms with van der Waals surface area (Å²) < 4.78 is 7.75. The van der Waals surface area contributed by atoms with Crippen molar-refractivity contribution in [3.05, 3.63) is 113 Å². The van der Waals surface area contributed by atoms with Gasteiger partial charge in [-0.2, -0.15) is 16.9 Å². The van der Waals surface area contributed by atoms with Crippen LogP contribution in [0.3, 0.4) is 0 Å². The minimum Gasteiger partial charge on any atom is -0.664 e. The Balaban J connectivity index is 0.00000401. The average molecular weight is 831 g/mol. The number of ether oxygens (including phenoxy) is 1. The van der Waals surface area contributed by atoms with E-state index in [4.69, 9.17) is 14.7 Å². The maximum absolute atomic E-state index is 6.60. The largest absolute Gasteiger partial charge is 3.00 e. The van der Waals surface area contributed by atoms with Crippen molar-refractivity contribution in [1.82, 2.24) is 9.97 Å². The minimum absolute atomic E-state index is 0. The van der Waals surface area contributed by atoms with Gasteiger partial charge in [-0.15, -0.1) is 52.0 Å². The van der Waals surface area contributed by atoms with Crippen molar-refractivity contribution in [3.63, 3.8) is 0 Å². The molecule has 3 heterocycles. The predicted octanol–water partition coefficient (Wildman–Crippen LogP) is 12.2. The number of hydrogen-bond donors (Lipinski definition) is 0. The number of fused-ring (bicyclic) bond motifs is 4. The van der Waals surface area contributed by atoms with Crippen LogP contribution >= 0.6 is 11.3 Å².